The summed E-state index contributed by atoms with van der Waals surface area (Å²) in [5.74, 6) is 0.590. The summed E-state index contributed by atoms with van der Waals surface area (Å²) >= 11 is 6.36. The van der Waals surface area contributed by atoms with Crippen molar-refractivity contribution in [3.63, 3.8) is 0 Å². The zero-order chi connectivity index (χ0) is 22.2. The van der Waals surface area contributed by atoms with Crippen molar-refractivity contribution in [2.45, 2.75) is 37.3 Å². The first kappa shape index (κ1) is 21.6. The maximum absolute atomic E-state index is 13.8. The second kappa shape index (κ2) is 8.96. The predicted molar refractivity (Wildman–Crippen MR) is 136 cm³/mol. The lowest BCUT2D eigenvalue weighted by molar-refractivity contribution is 0.102. The number of ketones is 1. The number of para-hydroxylation sites is 1. The minimum absolute atomic E-state index is 0.00977. The van der Waals surface area contributed by atoms with Crippen LogP contribution in [0.4, 0.5) is 0 Å². The quantitative estimate of drug-likeness (QED) is 0.167. The van der Waals surface area contributed by atoms with Crippen LogP contribution in [0.25, 0.3) is 15.9 Å². The normalized spacial score (nSPS) is 15.6. The molecule has 1 aliphatic carbocycles. The van der Waals surface area contributed by atoms with E-state index in [0.717, 1.165) is 39.6 Å². The first-order valence-corrected chi connectivity index (χ1v) is 13.2. The molecular weight excluding hydrogens is 504 g/mol. The number of halogens is 1. The summed E-state index contributed by atoms with van der Waals surface area (Å²) in [7, 11) is 0. The molecule has 2 aromatic carbocycles. The molecular formula is C25H21BrN2O2S2. The highest BCUT2D eigenvalue weighted by Crippen LogP contribution is 2.41. The smallest absolute Gasteiger partial charge is 0.267 e. The van der Waals surface area contributed by atoms with Crippen molar-refractivity contribution >= 4 is 55.0 Å². The van der Waals surface area contributed by atoms with Gasteiger partial charge in [-0.25, -0.2) is 4.98 Å². The van der Waals surface area contributed by atoms with Crippen LogP contribution >= 0.6 is 39.0 Å². The SMILES string of the molecule is CC1CCCc2sc3nc(SCC(=O)c4ccc(Br)cc4)n(-c4ccccc4)c(=O)c3c21. The van der Waals surface area contributed by atoms with Crippen molar-refractivity contribution < 1.29 is 4.79 Å². The second-order valence-corrected chi connectivity index (χ2v) is 10.9. The number of benzene rings is 2. The molecule has 1 atom stereocenters. The van der Waals surface area contributed by atoms with Crippen molar-refractivity contribution in [2.24, 2.45) is 0 Å². The Morgan fingerprint density at radius 3 is 2.69 bits per heavy atom. The third-order valence-corrected chi connectivity index (χ3v) is 8.48. The van der Waals surface area contributed by atoms with E-state index in [-0.39, 0.29) is 17.1 Å². The fourth-order valence-electron chi connectivity index (χ4n) is 4.27. The number of carbonyl (C=O) groups excluding carboxylic acids is 1. The number of hydrogen-bond acceptors (Lipinski definition) is 5. The highest BCUT2D eigenvalue weighted by Gasteiger charge is 2.27. The van der Waals surface area contributed by atoms with Crippen LogP contribution in [0.5, 0.6) is 0 Å². The third-order valence-electron chi connectivity index (χ3n) is 5.86. The fraction of sp³-hybridized carbons (Fsp3) is 0.240. The Balaban J connectivity index is 1.60. The van der Waals surface area contributed by atoms with Gasteiger partial charge < -0.3 is 0 Å². The molecule has 1 aliphatic rings. The molecule has 0 amide bonds. The Labute approximate surface area is 202 Å². The lowest BCUT2D eigenvalue weighted by Crippen LogP contribution is -2.23. The summed E-state index contributed by atoms with van der Waals surface area (Å²) in [6.07, 6.45) is 3.26. The molecule has 32 heavy (non-hydrogen) atoms. The standard InChI is InChI=1S/C25H21BrN2O2S2/c1-15-6-5-9-20-21(15)22-23(32-20)27-25(28(24(22)30)18-7-3-2-4-8-18)31-14-19(29)16-10-12-17(26)13-11-16/h2-4,7-8,10-13,15H,5-6,9,14H2,1H3. The number of thiophene rings is 1. The average Bonchev–Trinajstić information content (AvgIpc) is 3.18. The van der Waals surface area contributed by atoms with Gasteiger partial charge in [0.1, 0.15) is 4.83 Å². The summed E-state index contributed by atoms with van der Waals surface area (Å²) < 4.78 is 2.61. The van der Waals surface area contributed by atoms with Crippen LogP contribution in [-0.4, -0.2) is 21.1 Å². The largest absolute Gasteiger partial charge is 0.293 e. The molecule has 5 rings (SSSR count). The molecule has 0 bridgehead atoms. The van der Waals surface area contributed by atoms with Gasteiger partial charge in [0, 0.05) is 14.9 Å². The Morgan fingerprint density at radius 2 is 1.94 bits per heavy atom. The van der Waals surface area contributed by atoms with Crippen molar-refractivity contribution in [3.8, 4) is 5.69 Å². The molecule has 0 N–H and O–H groups in total. The number of nitrogens with zero attached hydrogens (tertiary/aromatic N) is 2. The molecule has 0 radical (unpaired) electrons. The highest BCUT2D eigenvalue weighted by molar-refractivity contribution is 9.10. The van der Waals surface area contributed by atoms with E-state index in [1.54, 1.807) is 15.9 Å². The van der Waals surface area contributed by atoms with E-state index in [1.165, 1.54) is 22.2 Å². The van der Waals surface area contributed by atoms with Crippen LogP contribution in [0.2, 0.25) is 0 Å². The number of aromatic nitrogens is 2. The molecule has 4 nitrogen and oxygen atoms in total. The maximum atomic E-state index is 13.8. The van der Waals surface area contributed by atoms with Crippen LogP contribution in [0.1, 0.15) is 46.5 Å². The van der Waals surface area contributed by atoms with Crippen LogP contribution < -0.4 is 5.56 Å². The molecule has 2 heterocycles. The molecule has 2 aromatic heterocycles. The van der Waals surface area contributed by atoms with Crippen LogP contribution in [-0.2, 0) is 6.42 Å². The van der Waals surface area contributed by atoms with Gasteiger partial charge >= 0.3 is 0 Å². The Kier molecular flexibility index (Phi) is 6.05. The Hall–Kier alpha value is -2.22. The molecule has 0 aliphatic heterocycles. The van der Waals surface area contributed by atoms with Gasteiger partial charge in [-0.3, -0.25) is 14.2 Å². The lowest BCUT2D eigenvalue weighted by Gasteiger charge is -2.19. The first-order chi connectivity index (χ1) is 15.5. The van der Waals surface area contributed by atoms with E-state index in [4.69, 9.17) is 4.98 Å². The molecule has 7 heteroatoms. The topological polar surface area (TPSA) is 52.0 Å². The minimum Gasteiger partial charge on any atom is -0.293 e. The molecule has 0 fully saturated rings. The molecule has 0 saturated heterocycles. The summed E-state index contributed by atoms with van der Waals surface area (Å²) in [5, 5.41) is 1.31. The highest BCUT2D eigenvalue weighted by atomic mass is 79.9. The van der Waals surface area contributed by atoms with E-state index in [0.29, 0.717) is 16.6 Å². The number of thioether (sulfide) groups is 1. The summed E-state index contributed by atoms with van der Waals surface area (Å²) in [4.78, 5) is 33.6. The van der Waals surface area contributed by atoms with Crippen molar-refractivity contribution in [2.75, 3.05) is 5.75 Å². The van der Waals surface area contributed by atoms with Crippen molar-refractivity contribution in [1.82, 2.24) is 9.55 Å². The maximum Gasteiger partial charge on any atom is 0.267 e. The minimum atomic E-state index is -0.0361. The van der Waals surface area contributed by atoms with Gasteiger partial charge in [-0.1, -0.05) is 64.9 Å². The summed E-state index contributed by atoms with van der Waals surface area (Å²) in [6.45, 7) is 2.20. The van der Waals surface area contributed by atoms with E-state index in [2.05, 4.69) is 22.9 Å². The van der Waals surface area contributed by atoms with Gasteiger partial charge in [0.15, 0.2) is 10.9 Å². The summed E-state index contributed by atoms with van der Waals surface area (Å²) in [6, 6.07) is 16.9. The Bertz CT molecular complexity index is 1360. The second-order valence-electron chi connectivity index (χ2n) is 8.00. The number of rotatable bonds is 5. The third kappa shape index (κ3) is 3.98. The summed E-state index contributed by atoms with van der Waals surface area (Å²) in [5.41, 5.74) is 2.57. The van der Waals surface area contributed by atoms with Gasteiger partial charge in [0.25, 0.3) is 5.56 Å². The van der Waals surface area contributed by atoms with E-state index >= 15 is 0 Å². The number of aryl methyl sites for hydroxylation is 1. The van der Waals surface area contributed by atoms with Gasteiger partial charge in [0.05, 0.1) is 16.8 Å². The number of fused-ring (bicyclic) bond motifs is 3. The lowest BCUT2D eigenvalue weighted by atomic mass is 9.88. The fourth-order valence-corrected chi connectivity index (χ4v) is 6.82. The zero-order valence-corrected chi connectivity index (χ0v) is 20.7. The molecule has 162 valence electrons. The number of carbonyl (C=O) groups is 1. The average molecular weight is 525 g/mol. The van der Waals surface area contributed by atoms with Crippen molar-refractivity contribution in [3.05, 3.63) is 85.4 Å². The predicted octanol–water partition coefficient (Wildman–Crippen LogP) is 6.62. The van der Waals surface area contributed by atoms with Crippen LogP contribution in [0.15, 0.2) is 69.0 Å². The van der Waals surface area contributed by atoms with Gasteiger partial charge in [-0.2, -0.15) is 0 Å². The Morgan fingerprint density at radius 1 is 1.19 bits per heavy atom. The molecule has 0 spiro atoms. The number of Topliss-reactive ketones (excluding diaryl/α,β-unsaturated/α-hetero) is 1. The molecule has 1 unspecified atom stereocenters. The monoisotopic (exact) mass is 524 g/mol. The van der Waals surface area contributed by atoms with Gasteiger partial charge in [0.2, 0.25) is 0 Å². The van der Waals surface area contributed by atoms with Gasteiger partial charge in [-0.15, -0.1) is 11.3 Å². The van der Waals surface area contributed by atoms with Gasteiger partial charge in [-0.05, 0) is 55.0 Å². The van der Waals surface area contributed by atoms with Crippen molar-refractivity contribution in [1.29, 1.82) is 0 Å². The van der Waals surface area contributed by atoms with E-state index < -0.39 is 0 Å². The molecule has 0 saturated carbocycles. The van der Waals surface area contributed by atoms with E-state index in [1.807, 2.05) is 54.6 Å². The van der Waals surface area contributed by atoms with Crippen LogP contribution in [0.3, 0.4) is 0 Å². The zero-order valence-electron chi connectivity index (χ0n) is 17.5. The first-order valence-electron chi connectivity index (χ1n) is 10.6. The van der Waals surface area contributed by atoms with E-state index in [9.17, 15) is 9.59 Å². The number of hydrogen-bond donors (Lipinski definition) is 0. The van der Waals surface area contributed by atoms with Crippen LogP contribution in [0, 0.1) is 0 Å². The molecule has 4 aromatic rings.